The largest absolute Gasteiger partial charge is 0.376 e. The third-order valence-electron chi connectivity index (χ3n) is 3.28. The molecule has 4 nitrogen and oxygen atoms in total. The number of amides is 1. The van der Waals surface area contributed by atoms with Crippen molar-refractivity contribution in [2.24, 2.45) is 4.99 Å². The van der Waals surface area contributed by atoms with Crippen LogP contribution in [0.2, 0.25) is 0 Å². The number of carbonyl (C=O) groups is 1. The molecule has 1 heterocycles. The van der Waals surface area contributed by atoms with Gasteiger partial charge in [0.05, 0.1) is 11.4 Å². The summed E-state index contributed by atoms with van der Waals surface area (Å²) < 4.78 is 0. The second-order valence-corrected chi connectivity index (χ2v) is 4.69. The summed E-state index contributed by atoms with van der Waals surface area (Å²) in [6.45, 7) is 1.62. The van der Waals surface area contributed by atoms with Gasteiger partial charge in [-0.05, 0) is 31.2 Å². The maximum atomic E-state index is 12.3. The molecule has 20 heavy (non-hydrogen) atoms. The summed E-state index contributed by atoms with van der Waals surface area (Å²) in [5.74, 6) is -0.267. The predicted molar refractivity (Wildman–Crippen MR) is 78.4 cm³/mol. The van der Waals surface area contributed by atoms with E-state index < -0.39 is 0 Å². The van der Waals surface area contributed by atoms with Crippen LogP contribution in [0.4, 0.5) is 11.4 Å². The van der Waals surface area contributed by atoms with E-state index in [9.17, 15) is 9.90 Å². The number of anilines is 1. The summed E-state index contributed by atoms with van der Waals surface area (Å²) in [4.78, 5) is 18.1. The van der Waals surface area contributed by atoms with E-state index in [2.05, 4.69) is 4.99 Å². The third-order valence-corrected chi connectivity index (χ3v) is 3.28. The Morgan fingerprint density at radius 2 is 1.90 bits per heavy atom. The van der Waals surface area contributed by atoms with Crippen LogP contribution in [0.5, 0.6) is 0 Å². The second kappa shape index (κ2) is 4.90. The van der Waals surface area contributed by atoms with Gasteiger partial charge in [0.1, 0.15) is 12.4 Å². The quantitative estimate of drug-likeness (QED) is 0.907. The van der Waals surface area contributed by atoms with E-state index in [0.29, 0.717) is 11.4 Å². The van der Waals surface area contributed by atoms with Crippen LogP contribution in [0.15, 0.2) is 53.5 Å². The Morgan fingerprint density at radius 1 is 1.15 bits per heavy atom. The van der Waals surface area contributed by atoms with Crippen molar-refractivity contribution in [3.63, 3.8) is 0 Å². The van der Waals surface area contributed by atoms with Gasteiger partial charge < -0.3 is 5.11 Å². The molecule has 2 aromatic carbocycles. The number of para-hydroxylation sites is 1. The van der Waals surface area contributed by atoms with E-state index in [1.165, 1.54) is 4.90 Å². The van der Waals surface area contributed by atoms with Gasteiger partial charge in [0, 0.05) is 5.56 Å². The van der Waals surface area contributed by atoms with Gasteiger partial charge in [0.15, 0.2) is 0 Å². The Bertz CT molecular complexity index is 693. The van der Waals surface area contributed by atoms with Crippen molar-refractivity contribution >= 4 is 23.0 Å². The molecule has 0 aromatic heterocycles. The van der Waals surface area contributed by atoms with Gasteiger partial charge in [-0.3, -0.25) is 9.69 Å². The lowest BCUT2D eigenvalue weighted by molar-refractivity contribution is -0.112. The van der Waals surface area contributed by atoms with E-state index >= 15 is 0 Å². The van der Waals surface area contributed by atoms with Gasteiger partial charge in [-0.1, -0.05) is 29.8 Å². The SMILES string of the molecule is Cc1ccc2c(c1)/C(=N/c1ccccc1)C(=O)N2CO. The summed E-state index contributed by atoms with van der Waals surface area (Å²) in [7, 11) is 0. The van der Waals surface area contributed by atoms with Crippen molar-refractivity contribution in [2.75, 3.05) is 11.6 Å². The first-order valence-electron chi connectivity index (χ1n) is 6.38. The lowest BCUT2D eigenvalue weighted by Gasteiger charge is -2.12. The Morgan fingerprint density at radius 3 is 2.60 bits per heavy atom. The molecule has 1 amide bonds. The highest BCUT2D eigenvalue weighted by Gasteiger charge is 2.33. The molecule has 0 saturated heterocycles. The average molecular weight is 266 g/mol. The van der Waals surface area contributed by atoms with Crippen LogP contribution < -0.4 is 4.90 Å². The number of hydrogen-bond acceptors (Lipinski definition) is 3. The molecule has 0 aliphatic carbocycles. The fourth-order valence-corrected chi connectivity index (χ4v) is 2.31. The predicted octanol–water partition coefficient (Wildman–Crippen LogP) is 2.41. The maximum Gasteiger partial charge on any atom is 0.279 e. The minimum absolute atomic E-state index is 0.267. The zero-order chi connectivity index (χ0) is 14.1. The highest BCUT2D eigenvalue weighted by atomic mass is 16.3. The zero-order valence-corrected chi connectivity index (χ0v) is 11.1. The standard InChI is InChI=1S/C16H14N2O2/c1-11-7-8-14-13(9-11)15(16(20)18(14)10-19)17-12-5-3-2-4-6-12/h2-9,19H,10H2,1H3/b17-15-. The number of aliphatic hydroxyl groups is 1. The minimum Gasteiger partial charge on any atom is -0.376 e. The Kier molecular flexibility index (Phi) is 3.08. The van der Waals surface area contributed by atoms with Gasteiger partial charge in [0.2, 0.25) is 0 Å². The molecule has 100 valence electrons. The van der Waals surface area contributed by atoms with Gasteiger partial charge in [-0.2, -0.15) is 0 Å². The molecule has 0 spiro atoms. The Hall–Kier alpha value is -2.46. The molecule has 4 heteroatoms. The highest BCUT2D eigenvalue weighted by molar-refractivity contribution is 6.54. The molecular formula is C16H14N2O2. The molecule has 1 aliphatic heterocycles. The molecular weight excluding hydrogens is 252 g/mol. The monoisotopic (exact) mass is 266 g/mol. The van der Waals surface area contributed by atoms with Crippen LogP contribution in [-0.2, 0) is 4.79 Å². The van der Waals surface area contributed by atoms with Crippen LogP contribution in [-0.4, -0.2) is 23.5 Å². The summed E-state index contributed by atoms with van der Waals surface area (Å²) in [6, 6.07) is 15.0. The molecule has 1 aliphatic rings. The van der Waals surface area contributed by atoms with E-state index in [1.807, 2.05) is 55.5 Å². The lowest BCUT2D eigenvalue weighted by atomic mass is 10.1. The van der Waals surface area contributed by atoms with Crippen molar-refractivity contribution in [1.29, 1.82) is 0 Å². The average Bonchev–Trinajstić information content (AvgIpc) is 2.72. The number of aryl methyl sites for hydroxylation is 1. The molecule has 1 N–H and O–H groups in total. The minimum atomic E-state index is -0.345. The van der Waals surface area contributed by atoms with E-state index in [4.69, 9.17) is 0 Å². The van der Waals surface area contributed by atoms with Crippen LogP contribution in [0.25, 0.3) is 0 Å². The van der Waals surface area contributed by atoms with E-state index in [1.54, 1.807) is 0 Å². The van der Waals surface area contributed by atoms with Crippen LogP contribution in [0.1, 0.15) is 11.1 Å². The van der Waals surface area contributed by atoms with Gasteiger partial charge in [0.25, 0.3) is 5.91 Å². The number of nitrogens with zero attached hydrogens (tertiary/aromatic N) is 2. The number of rotatable bonds is 2. The van der Waals surface area contributed by atoms with Gasteiger partial charge in [-0.25, -0.2) is 4.99 Å². The molecule has 0 saturated carbocycles. The van der Waals surface area contributed by atoms with Crippen molar-refractivity contribution in [3.8, 4) is 0 Å². The zero-order valence-electron chi connectivity index (χ0n) is 11.1. The third kappa shape index (κ3) is 2.00. The summed E-state index contributed by atoms with van der Waals surface area (Å²) >= 11 is 0. The number of benzene rings is 2. The summed E-state index contributed by atoms with van der Waals surface area (Å²) in [5.41, 5.74) is 3.63. The lowest BCUT2D eigenvalue weighted by Crippen LogP contribution is -2.30. The van der Waals surface area contributed by atoms with Gasteiger partial charge in [-0.15, -0.1) is 0 Å². The van der Waals surface area contributed by atoms with Crippen molar-refractivity contribution in [1.82, 2.24) is 0 Å². The molecule has 0 unspecified atom stereocenters. The van der Waals surface area contributed by atoms with Crippen molar-refractivity contribution in [3.05, 3.63) is 59.7 Å². The summed E-state index contributed by atoms with van der Waals surface area (Å²) in [5, 5.41) is 9.39. The maximum absolute atomic E-state index is 12.3. The molecule has 0 fully saturated rings. The molecule has 3 rings (SSSR count). The Labute approximate surface area is 117 Å². The fraction of sp³-hybridized carbons (Fsp3) is 0.125. The second-order valence-electron chi connectivity index (χ2n) is 4.69. The smallest absolute Gasteiger partial charge is 0.279 e. The molecule has 0 radical (unpaired) electrons. The van der Waals surface area contributed by atoms with Crippen LogP contribution in [0, 0.1) is 6.92 Å². The fourth-order valence-electron chi connectivity index (χ4n) is 2.31. The van der Waals surface area contributed by atoms with Crippen molar-refractivity contribution < 1.29 is 9.90 Å². The first kappa shape index (κ1) is 12.6. The first-order chi connectivity index (χ1) is 9.70. The number of hydrogen-bond donors (Lipinski definition) is 1. The van der Waals surface area contributed by atoms with Crippen LogP contribution in [0.3, 0.4) is 0 Å². The van der Waals surface area contributed by atoms with E-state index in [0.717, 1.165) is 16.8 Å². The summed E-state index contributed by atoms with van der Waals surface area (Å²) in [6.07, 6.45) is 0. The van der Waals surface area contributed by atoms with Crippen LogP contribution >= 0.6 is 0 Å². The van der Waals surface area contributed by atoms with E-state index in [-0.39, 0.29) is 12.6 Å². The molecule has 0 atom stereocenters. The number of aliphatic imine (C=N–C) groups is 1. The normalized spacial score (nSPS) is 15.8. The first-order valence-corrected chi connectivity index (χ1v) is 6.38. The Balaban J connectivity index is 2.15. The van der Waals surface area contributed by atoms with Gasteiger partial charge >= 0.3 is 0 Å². The topological polar surface area (TPSA) is 52.9 Å². The van der Waals surface area contributed by atoms with Crippen molar-refractivity contribution in [2.45, 2.75) is 6.92 Å². The molecule has 2 aromatic rings. The number of fused-ring (bicyclic) bond motifs is 1. The highest BCUT2D eigenvalue weighted by Crippen LogP contribution is 2.31. The molecule has 0 bridgehead atoms. The number of aliphatic hydroxyl groups excluding tert-OH is 1. The number of carbonyl (C=O) groups excluding carboxylic acids is 1.